The van der Waals surface area contributed by atoms with Gasteiger partial charge in [0.15, 0.2) is 16.7 Å². The Morgan fingerprint density at radius 1 is 1.46 bits per heavy atom. The SMILES string of the molecule is N#Cc1c(NC(=O)[C@@H]2CC(=O)Nc3ccccc32)nc2n1CCS2. The van der Waals surface area contributed by atoms with E-state index in [-0.39, 0.29) is 24.1 Å². The maximum Gasteiger partial charge on any atom is 0.233 e. The first-order valence-corrected chi connectivity index (χ1v) is 8.49. The van der Waals surface area contributed by atoms with E-state index in [2.05, 4.69) is 21.7 Å². The molecule has 0 fully saturated rings. The fourth-order valence-corrected chi connectivity index (χ4v) is 3.98. The molecule has 0 saturated heterocycles. The smallest absolute Gasteiger partial charge is 0.233 e. The molecular weight excluding hydrogens is 326 g/mol. The summed E-state index contributed by atoms with van der Waals surface area (Å²) in [5, 5.41) is 15.6. The number of fused-ring (bicyclic) bond motifs is 2. The Kier molecular flexibility index (Phi) is 3.50. The number of rotatable bonds is 2. The third-order valence-electron chi connectivity index (χ3n) is 4.14. The van der Waals surface area contributed by atoms with Crippen molar-refractivity contribution in [2.45, 2.75) is 24.0 Å². The molecular formula is C16H13N5O2S. The predicted octanol–water partition coefficient (Wildman–Crippen LogP) is 1.92. The average Bonchev–Trinajstić information content (AvgIpc) is 3.14. The fourth-order valence-electron chi connectivity index (χ4n) is 3.03. The van der Waals surface area contributed by atoms with E-state index < -0.39 is 5.92 Å². The molecule has 0 spiro atoms. The van der Waals surface area contributed by atoms with Gasteiger partial charge in [-0.25, -0.2) is 4.98 Å². The predicted molar refractivity (Wildman–Crippen MR) is 88.7 cm³/mol. The molecule has 2 amide bonds. The number of nitriles is 1. The summed E-state index contributed by atoms with van der Waals surface area (Å²) in [5.41, 5.74) is 1.78. The lowest BCUT2D eigenvalue weighted by atomic mass is 9.90. The summed E-state index contributed by atoms with van der Waals surface area (Å²) in [6, 6.07) is 9.35. The minimum absolute atomic E-state index is 0.0764. The Hall–Kier alpha value is -2.79. The molecule has 0 bridgehead atoms. The van der Waals surface area contributed by atoms with Crippen LogP contribution in [0.25, 0.3) is 0 Å². The Morgan fingerprint density at radius 3 is 3.12 bits per heavy atom. The van der Waals surface area contributed by atoms with Crippen LogP contribution in [0.15, 0.2) is 29.4 Å². The van der Waals surface area contributed by atoms with Gasteiger partial charge in [-0.15, -0.1) is 0 Å². The van der Waals surface area contributed by atoms with Crippen molar-refractivity contribution in [1.82, 2.24) is 9.55 Å². The van der Waals surface area contributed by atoms with E-state index in [9.17, 15) is 14.9 Å². The number of benzene rings is 1. The lowest BCUT2D eigenvalue weighted by Gasteiger charge is -2.24. The molecule has 3 heterocycles. The summed E-state index contributed by atoms with van der Waals surface area (Å²) in [7, 11) is 0. The first-order valence-electron chi connectivity index (χ1n) is 7.50. The maximum absolute atomic E-state index is 12.7. The highest BCUT2D eigenvalue weighted by Gasteiger charge is 2.32. The summed E-state index contributed by atoms with van der Waals surface area (Å²) >= 11 is 1.56. The summed E-state index contributed by atoms with van der Waals surface area (Å²) in [6.45, 7) is 0.709. The Morgan fingerprint density at radius 2 is 2.29 bits per heavy atom. The first kappa shape index (κ1) is 14.8. The van der Waals surface area contributed by atoms with E-state index in [0.717, 1.165) is 16.5 Å². The summed E-state index contributed by atoms with van der Waals surface area (Å²) < 4.78 is 1.81. The van der Waals surface area contributed by atoms with Crippen LogP contribution < -0.4 is 10.6 Å². The number of anilines is 2. The quantitative estimate of drug-likeness (QED) is 0.871. The second-order valence-corrected chi connectivity index (χ2v) is 6.65. The van der Waals surface area contributed by atoms with Crippen molar-refractivity contribution in [3.8, 4) is 6.07 Å². The normalized spacial score (nSPS) is 18.3. The Bertz CT molecular complexity index is 898. The molecule has 120 valence electrons. The van der Waals surface area contributed by atoms with Crippen LogP contribution in [-0.2, 0) is 16.1 Å². The van der Waals surface area contributed by atoms with Crippen LogP contribution in [0, 0.1) is 11.3 Å². The van der Waals surface area contributed by atoms with E-state index in [4.69, 9.17) is 0 Å². The van der Waals surface area contributed by atoms with Crippen molar-refractivity contribution in [2.24, 2.45) is 0 Å². The molecule has 0 aliphatic carbocycles. The zero-order chi connectivity index (χ0) is 16.7. The van der Waals surface area contributed by atoms with Crippen molar-refractivity contribution in [3.63, 3.8) is 0 Å². The number of thioether (sulfide) groups is 1. The maximum atomic E-state index is 12.7. The number of nitrogens with one attached hydrogen (secondary N) is 2. The molecule has 2 N–H and O–H groups in total. The third kappa shape index (κ3) is 2.34. The van der Waals surface area contributed by atoms with Gasteiger partial charge in [0.1, 0.15) is 6.07 Å². The van der Waals surface area contributed by atoms with Crippen molar-refractivity contribution >= 4 is 35.1 Å². The Labute approximate surface area is 142 Å². The van der Waals surface area contributed by atoms with Crippen molar-refractivity contribution in [1.29, 1.82) is 5.26 Å². The van der Waals surface area contributed by atoms with Gasteiger partial charge in [-0.1, -0.05) is 30.0 Å². The van der Waals surface area contributed by atoms with Crippen LogP contribution in [-0.4, -0.2) is 27.1 Å². The zero-order valence-corrected chi connectivity index (χ0v) is 13.4. The highest BCUT2D eigenvalue weighted by atomic mass is 32.2. The number of para-hydroxylation sites is 1. The number of nitrogens with zero attached hydrogens (tertiary/aromatic N) is 3. The van der Waals surface area contributed by atoms with E-state index in [1.165, 1.54) is 0 Å². The highest BCUT2D eigenvalue weighted by molar-refractivity contribution is 7.99. The molecule has 4 rings (SSSR count). The van der Waals surface area contributed by atoms with Gasteiger partial charge in [-0.2, -0.15) is 5.26 Å². The molecule has 2 aliphatic heterocycles. The molecule has 1 aromatic carbocycles. The van der Waals surface area contributed by atoms with Crippen LogP contribution >= 0.6 is 11.8 Å². The highest BCUT2D eigenvalue weighted by Crippen LogP contribution is 2.34. The van der Waals surface area contributed by atoms with Crippen molar-refractivity contribution < 1.29 is 9.59 Å². The summed E-state index contributed by atoms with van der Waals surface area (Å²) in [6.07, 6.45) is 0.0764. The number of imidazole rings is 1. The molecule has 1 aromatic heterocycles. The van der Waals surface area contributed by atoms with Crippen LogP contribution in [0.4, 0.5) is 11.5 Å². The Balaban J connectivity index is 1.64. The van der Waals surface area contributed by atoms with Gasteiger partial charge in [0.05, 0.1) is 5.92 Å². The lowest BCUT2D eigenvalue weighted by Crippen LogP contribution is -2.31. The average molecular weight is 339 g/mol. The van der Waals surface area contributed by atoms with Crippen LogP contribution in [0.2, 0.25) is 0 Å². The van der Waals surface area contributed by atoms with Gasteiger partial charge >= 0.3 is 0 Å². The number of carbonyl (C=O) groups excluding carboxylic acids is 2. The molecule has 2 aromatic rings. The minimum Gasteiger partial charge on any atom is -0.326 e. The van der Waals surface area contributed by atoms with E-state index >= 15 is 0 Å². The van der Waals surface area contributed by atoms with Gasteiger partial charge in [0.2, 0.25) is 11.8 Å². The monoisotopic (exact) mass is 339 g/mol. The van der Waals surface area contributed by atoms with E-state index in [1.54, 1.807) is 17.8 Å². The topological polar surface area (TPSA) is 99.8 Å². The van der Waals surface area contributed by atoms with Crippen molar-refractivity contribution in [3.05, 3.63) is 35.5 Å². The van der Waals surface area contributed by atoms with E-state index in [1.807, 2.05) is 22.8 Å². The molecule has 7 nitrogen and oxygen atoms in total. The van der Waals surface area contributed by atoms with Crippen LogP contribution in [0.1, 0.15) is 23.6 Å². The van der Waals surface area contributed by atoms with E-state index in [0.29, 0.717) is 17.9 Å². The molecule has 0 saturated carbocycles. The first-order chi connectivity index (χ1) is 11.7. The molecule has 0 unspecified atom stereocenters. The van der Waals surface area contributed by atoms with Gasteiger partial charge in [0, 0.05) is 24.4 Å². The van der Waals surface area contributed by atoms with Crippen LogP contribution in [0.3, 0.4) is 0 Å². The van der Waals surface area contributed by atoms with Gasteiger partial charge in [0.25, 0.3) is 0 Å². The molecule has 1 atom stereocenters. The molecule has 2 aliphatic rings. The van der Waals surface area contributed by atoms with Gasteiger partial charge in [-0.05, 0) is 11.6 Å². The summed E-state index contributed by atoms with van der Waals surface area (Å²) in [4.78, 5) is 28.9. The summed E-state index contributed by atoms with van der Waals surface area (Å²) in [5.74, 6) is 0.0354. The number of amides is 2. The number of carbonyl (C=O) groups is 2. The largest absolute Gasteiger partial charge is 0.326 e. The number of aromatic nitrogens is 2. The van der Waals surface area contributed by atoms with Gasteiger partial charge < -0.3 is 15.2 Å². The molecule has 8 heteroatoms. The minimum atomic E-state index is -0.592. The second kappa shape index (κ2) is 5.69. The molecule has 0 radical (unpaired) electrons. The zero-order valence-electron chi connectivity index (χ0n) is 12.6. The number of hydrogen-bond acceptors (Lipinski definition) is 5. The van der Waals surface area contributed by atoms with Crippen LogP contribution in [0.5, 0.6) is 0 Å². The standard InChI is InChI=1S/C16H13N5O2S/c17-8-12-14(20-16-21(12)5-6-24-16)19-15(23)10-7-13(22)18-11-4-2-1-3-9(10)11/h1-4,10H,5-7H2,(H,18,22)(H,19,23)/t10-/m1/s1. The van der Waals surface area contributed by atoms with Gasteiger partial charge in [-0.3, -0.25) is 9.59 Å². The van der Waals surface area contributed by atoms with Crippen molar-refractivity contribution in [2.75, 3.05) is 16.4 Å². The molecule has 24 heavy (non-hydrogen) atoms. The lowest BCUT2D eigenvalue weighted by molar-refractivity contribution is -0.123. The fraction of sp³-hybridized carbons (Fsp3) is 0.250. The third-order valence-corrected chi connectivity index (χ3v) is 5.10. The second-order valence-electron chi connectivity index (χ2n) is 5.58. The number of hydrogen-bond donors (Lipinski definition) is 2.